The Labute approximate surface area is 107 Å². The van der Waals surface area contributed by atoms with E-state index in [2.05, 4.69) is 25.5 Å². The van der Waals surface area contributed by atoms with Crippen molar-refractivity contribution in [1.82, 2.24) is 25.5 Å². The number of hydrogen-bond donors (Lipinski definition) is 1. The molecule has 1 N–H and O–H groups in total. The fourth-order valence-corrected chi connectivity index (χ4v) is 1.27. The molecule has 0 aliphatic rings. The molecule has 0 spiro atoms. The number of aryl methyl sites for hydroxylation is 1. The van der Waals surface area contributed by atoms with Gasteiger partial charge >= 0.3 is 12.3 Å². The molecular weight excluding hydrogens is 270 g/mol. The van der Waals surface area contributed by atoms with Gasteiger partial charge < -0.3 is 10.1 Å². The van der Waals surface area contributed by atoms with Crippen molar-refractivity contribution >= 4 is 0 Å². The number of rotatable bonds is 8. The molecule has 1 rings (SSSR count). The van der Waals surface area contributed by atoms with Crippen LogP contribution in [0.4, 0.5) is 17.6 Å². The Bertz CT molecular complexity index is 386. The number of tetrazole rings is 1. The first-order chi connectivity index (χ1) is 8.85. The minimum absolute atomic E-state index is 0.156. The lowest BCUT2D eigenvalue weighted by Gasteiger charge is -2.18. The third kappa shape index (κ3) is 5.07. The number of halogens is 4. The van der Waals surface area contributed by atoms with Crippen LogP contribution in [-0.4, -0.2) is 58.9 Å². The molecule has 10 heteroatoms. The number of nitrogens with zero attached hydrogens (tertiary/aromatic N) is 4. The largest absolute Gasteiger partial charge is 0.373 e. The summed E-state index contributed by atoms with van der Waals surface area (Å²) in [5.74, 6) is -3.73. The second-order valence-electron chi connectivity index (χ2n) is 3.96. The average molecular weight is 285 g/mol. The predicted octanol–water partition coefficient (Wildman–Crippen LogP) is 0.258. The first-order valence-electron chi connectivity index (χ1n) is 5.49. The van der Waals surface area contributed by atoms with Crippen LogP contribution in [0.25, 0.3) is 0 Å². The quantitative estimate of drug-likeness (QED) is 0.694. The molecule has 0 aliphatic carbocycles. The number of alkyl halides is 4. The van der Waals surface area contributed by atoms with Crippen molar-refractivity contribution in [2.75, 3.05) is 20.3 Å². The van der Waals surface area contributed by atoms with Crippen molar-refractivity contribution in [3.05, 3.63) is 5.82 Å². The molecule has 0 radical (unpaired) electrons. The first-order valence-corrected chi connectivity index (χ1v) is 5.49. The summed E-state index contributed by atoms with van der Waals surface area (Å²) in [5.41, 5.74) is 0. The van der Waals surface area contributed by atoms with Crippen LogP contribution >= 0.6 is 0 Å². The van der Waals surface area contributed by atoms with Gasteiger partial charge in [-0.05, 0) is 12.3 Å². The van der Waals surface area contributed by atoms with E-state index in [9.17, 15) is 17.6 Å². The van der Waals surface area contributed by atoms with E-state index in [1.54, 1.807) is 14.1 Å². The fraction of sp³-hybridized carbons (Fsp3) is 0.889. The molecule has 1 aromatic heterocycles. The number of nitrogens with one attached hydrogen (secondary N) is 1. The van der Waals surface area contributed by atoms with Crippen molar-refractivity contribution in [2.45, 2.75) is 24.8 Å². The van der Waals surface area contributed by atoms with Crippen LogP contribution in [0.2, 0.25) is 0 Å². The highest BCUT2D eigenvalue weighted by molar-refractivity contribution is 4.84. The van der Waals surface area contributed by atoms with Crippen LogP contribution in [0.1, 0.15) is 5.82 Å². The number of ether oxygens (including phenoxy) is 1. The maximum atomic E-state index is 12.6. The van der Waals surface area contributed by atoms with Crippen LogP contribution in [0.5, 0.6) is 0 Å². The molecule has 0 fully saturated rings. The number of hydrogen-bond acceptors (Lipinski definition) is 5. The Morgan fingerprint density at radius 3 is 2.58 bits per heavy atom. The zero-order valence-electron chi connectivity index (χ0n) is 10.5. The van der Waals surface area contributed by atoms with Crippen molar-refractivity contribution in [3.8, 4) is 0 Å². The van der Waals surface area contributed by atoms with Crippen LogP contribution in [0.15, 0.2) is 0 Å². The Morgan fingerprint density at radius 1 is 1.42 bits per heavy atom. The maximum Gasteiger partial charge on any atom is 0.330 e. The minimum atomic E-state index is -4.14. The van der Waals surface area contributed by atoms with Crippen LogP contribution < -0.4 is 5.32 Å². The fourth-order valence-electron chi connectivity index (χ4n) is 1.27. The zero-order valence-corrected chi connectivity index (χ0v) is 10.5. The van der Waals surface area contributed by atoms with Crippen molar-refractivity contribution in [3.63, 3.8) is 0 Å². The predicted molar refractivity (Wildman–Crippen MR) is 57.1 cm³/mol. The maximum absolute atomic E-state index is 12.6. The molecule has 19 heavy (non-hydrogen) atoms. The molecule has 0 amide bonds. The zero-order chi connectivity index (χ0) is 14.5. The molecule has 6 nitrogen and oxygen atoms in total. The van der Waals surface area contributed by atoms with Crippen LogP contribution in [-0.2, 0) is 18.2 Å². The van der Waals surface area contributed by atoms with E-state index in [1.165, 1.54) is 4.80 Å². The molecule has 1 unspecified atom stereocenters. The Balaban J connectivity index is 2.37. The molecule has 1 aromatic rings. The minimum Gasteiger partial charge on any atom is -0.373 e. The van der Waals surface area contributed by atoms with E-state index in [1.807, 2.05) is 0 Å². The van der Waals surface area contributed by atoms with Crippen molar-refractivity contribution < 1.29 is 22.3 Å². The van der Waals surface area contributed by atoms with Gasteiger partial charge in [0.25, 0.3) is 0 Å². The van der Waals surface area contributed by atoms with Gasteiger partial charge in [-0.3, -0.25) is 0 Å². The molecule has 0 saturated carbocycles. The van der Waals surface area contributed by atoms with Gasteiger partial charge in [0.05, 0.1) is 13.7 Å². The Kier molecular flexibility index (Phi) is 5.60. The highest BCUT2D eigenvalue weighted by Gasteiger charge is 2.41. The molecule has 0 bridgehead atoms. The summed E-state index contributed by atoms with van der Waals surface area (Å²) in [4.78, 5) is 1.26. The van der Waals surface area contributed by atoms with Crippen molar-refractivity contribution in [1.29, 1.82) is 0 Å². The summed E-state index contributed by atoms with van der Waals surface area (Å²) < 4.78 is 53.6. The molecule has 0 saturated heterocycles. The van der Waals surface area contributed by atoms with Crippen LogP contribution in [0, 0.1) is 0 Å². The van der Waals surface area contributed by atoms with E-state index >= 15 is 0 Å². The normalized spacial score (nSPS) is 14.1. The van der Waals surface area contributed by atoms with E-state index in [4.69, 9.17) is 0 Å². The number of aromatic nitrogens is 4. The highest BCUT2D eigenvalue weighted by Crippen LogP contribution is 2.22. The molecule has 0 aliphatic heterocycles. The standard InChI is InChI=1S/C9H15F4N5O/c1-14-6(3-7-15-17-18(2)16-7)4-19-5-9(12,13)8(10)11/h6,8,14H,3-5H2,1-2H3. The lowest BCUT2D eigenvalue weighted by atomic mass is 10.2. The summed E-state index contributed by atoms with van der Waals surface area (Å²) in [6, 6.07) is -0.363. The van der Waals surface area contributed by atoms with Gasteiger partial charge in [-0.15, -0.1) is 10.2 Å². The lowest BCUT2D eigenvalue weighted by molar-refractivity contribution is -0.166. The molecule has 1 heterocycles. The summed E-state index contributed by atoms with van der Waals surface area (Å²) in [5, 5.41) is 14.1. The van der Waals surface area contributed by atoms with Crippen molar-refractivity contribution in [2.24, 2.45) is 7.05 Å². The van der Waals surface area contributed by atoms with Gasteiger partial charge in [-0.25, -0.2) is 8.78 Å². The van der Waals surface area contributed by atoms with E-state index in [0.717, 1.165) is 0 Å². The topological polar surface area (TPSA) is 64.9 Å². The molecule has 110 valence electrons. The summed E-state index contributed by atoms with van der Waals surface area (Å²) >= 11 is 0. The van der Waals surface area contributed by atoms with Gasteiger partial charge in [-0.2, -0.15) is 13.6 Å². The van der Waals surface area contributed by atoms with E-state index in [0.29, 0.717) is 12.2 Å². The Hall–Kier alpha value is -1.29. The van der Waals surface area contributed by atoms with E-state index in [-0.39, 0.29) is 12.6 Å². The van der Waals surface area contributed by atoms with E-state index < -0.39 is 19.0 Å². The number of likely N-dealkylation sites (N-methyl/N-ethyl adjacent to an activating group) is 1. The SMILES string of the molecule is CNC(COCC(F)(F)C(F)F)Cc1nnn(C)n1. The second kappa shape index (κ2) is 6.75. The third-order valence-corrected chi connectivity index (χ3v) is 2.32. The van der Waals surface area contributed by atoms with Gasteiger partial charge in [0.1, 0.15) is 6.61 Å². The molecular formula is C9H15F4N5O. The van der Waals surface area contributed by atoms with Gasteiger partial charge in [0.2, 0.25) is 0 Å². The molecule has 1 atom stereocenters. The lowest BCUT2D eigenvalue weighted by Crippen LogP contribution is -2.37. The van der Waals surface area contributed by atoms with Gasteiger partial charge in [0, 0.05) is 12.5 Å². The summed E-state index contributed by atoms with van der Waals surface area (Å²) in [6.45, 7) is -1.48. The smallest absolute Gasteiger partial charge is 0.330 e. The highest BCUT2D eigenvalue weighted by atomic mass is 19.3. The van der Waals surface area contributed by atoms with Gasteiger partial charge in [0.15, 0.2) is 5.82 Å². The van der Waals surface area contributed by atoms with Gasteiger partial charge in [-0.1, -0.05) is 0 Å². The monoisotopic (exact) mass is 285 g/mol. The average Bonchev–Trinajstić information content (AvgIpc) is 2.73. The second-order valence-corrected chi connectivity index (χ2v) is 3.96. The summed E-state index contributed by atoms with van der Waals surface area (Å²) in [6.07, 6.45) is -3.44. The summed E-state index contributed by atoms with van der Waals surface area (Å²) in [7, 11) is 3.18. The molecule has 0 aromatic carbocycles. The van der Waals surface area contributed by atoms with Crippen LogP contribution in [0.3, 0.4) is 0 Å². The first kappa shape index (κ1) is 15.8. The third-order valence-electron chi connectivity index (χ3n) is 2.32. The Morgan fingerprint density at radius 2 is 2.11 bits per heavy atom.